The Morgan fingerprint density at radius 2 is 2.12 bits per heavy atom. The lowest BCUT2D eigenvalue weighted by Crippen LogP contribution is -2.28. The van der Waals surface area contributed by atoms with E-state index in [2.05, 4.69) is 29.5 Å². The van der Waals surface area contributed by atoms with Crippen LogP contribution in [0, 0.1) is 5.92 Å². The second kappa shape index (κ2) is 8.75. The molecule has 1 aliphatic heterocycles. The zero-order valence-corrected chi connectivity index (χ0v) is 15.6. The predicted octanol–water partition coefficient (Wildman–Crippen LogP) is 2.28. The molecule has 1 atom stereocenters. The number of rotatable bonds is 7. The Labute approximate surface area is 151 Å². The molecule has 1 fully saturated rings. The molecule has 2 rings (SSSR count). The standard InChI is InChI=1S/C17H23N3O4S/c1-10(2)9-18-17-20-16(22)14(25-17)8-15(21)19-12-6-5-11(23-3)7-13(12)24-4/h5-7,10,14H,8-9H2,1-4H3,(H,19,21)(H,18,20,22)/t14-/m0/s1. The summed E-state index contributed by atoms with van der Waals surface area (Å²) in [5.41, 5.74) is 0.533. The number of thioether (sulfide) groups is 1. The lowest BCUT2D eigenvalue weighted by Gasteiger charge is -2.12. The molecule has 0 unspecified atom stereocenters. The minimum atomic E-state index is -0.477. The van der Waals surface area contributed by atoms with Gasteiger partial charge in [-0.2, -0.15) is 0 Å². The van der Waals surface area contributed by atoms with Gasteiger partial charge in [-0.1, -0.05) is 25.6 Å². The first kappa shape index (κ1) is 19.1. The summed E-state index contributed by atoms with van der Waals surface area (Å²) in [6.45, 7) is 4.75. The maximum absolute atomic E-state index is 12.3. The Kier molecular flexibility index (Phi) is 6.69. The van der Waals surface area contributed by atoms with Gasteiger partial charge in [-0.05, 0) is 18.1 Å². The molecule has 25 heavy (non-hydrogen) atoms. The van der Waals surface area contributed by atoms with Crippen LogP contribution < -0.4 is 20.1 Å². The largest absolute Gasteiger partial charge is 0.497 e. The molecule has 0 spiro atoms. The van der Waals surface area contributed by atoms with Crippen molar-refractivity contribution in [2.75, 3.05) is 26.1 Å². The SMILES string of the molecule is COc1ccc(NC(=O)C[C@@H]2SC(=NCC(C)C)NC2=O)c(OC)c1. The molecule has 0 radical (unpaired) electrons. The maximum atomic E-state index is 12.3. The van der Waals surface area contributed by atoms with E-state index in [1.165, 1.54) is 18.9 Å². The van der Waals surface area contributed by atoms with Crippen LogP contribution in [0.4, 0.5) is 5.69 Å². The van der Waals surface area contributed by atoms with Gasteiger partial charge in [-0.3, -0.25) is 14.6 Å². The zero-order valence-electron chi connectivity index (χ0n) is 14.8. The van der Waals surface area contributed by atoms with Gasteiger partial charge in [0.1, 0.15) is 16.7 Å². The molecule has 7 nitrogen and oxygen atoms in total. The van der Waals surface area contributed by atoms with Crippen LogP contribution in [-0.2, 0) is 9.59 Å². The van der Waals surface area contributed by atoms with E-state index < -0.39 is 5.25 Å². The normalized spacial score (nSPS) is 18.4. The van der Waals surface area contributed by atoms with Crippen molar-refractivity contribution in [3.8, 4) is 11.5 Å². The number of anilines is 1. The summed E-state index contributed by atoms with van der Waals surface area (Å²) in [7, 11) is 3.07. The van der Waals surface area contributed by atoms with Gasteiger partial charge in [0, 0.05) is 19.0 Å². The minimum Gasteiger partial charge on any atom is -0.497 e. The highest BCUT2D eigenvalue weighted by Crippen LogP contribution is 2.30. The number of nitrogens with one attached hydrogen (secondary N) is 2. The van der Waals surface area contributed by atoms with E-state index >= 15 is 0 Å². The molecule has 2 amide bonds. The van der Waals surface area contributed by atoms with Crippen molar-refractivity contribution in [1.29, 1.82) is 0 Å². The Morgan fingerprint density at radius 3 is 2.76 bits per heavy atom. The summed E-state index contributed by atoms with van der Waals surface area (Å²) >= 11 is 1.29. The van der Waals surface area contributed by atoms with Crippen LogP contribution in [0.15, 0.2) is 23.2 Å². The fourth-order valence-corrected chi connectivity index (χ4v) is 3.13. The van der Waals surface area contributed by atoms with Crippen molar-refractivity contribution >= 4 is 34.4 Å². The molecular weight excluding hydrogens is 342 g/mol. The molecule has 0 aliphatic carbocycles. The van der Waals surface area contributed by atoms with Gasteiger partial charge in [0.2, 0.25) is 11.8 Å². The average Bonchev–Trinajstić information content (AvgIpc) is 2.93. The van der Waals surface area contributed by atoms with Crippen LogP contribution in [0.25, 0.3) is 0 Å². The lowest BCUT2D eigenvalue weighted by atomic mass is 10.2. The molecule has 0 aromatic heterocycles. The van der Waals surface area contributed by atoms with Gasteiger partial charge in [0.05, 0.1) is 19.9 Å². The highest BCUT2D eigenvalue weighted by molar-refractivity contribution is 8.15. The number of carbonyl (C=O) groups excluding carboxylic acids is 2. The van der Waals surface area contributed by atoms with Crippen molar-refractivity contribution in [1.82, 2.24) is 5.32 Å². The molecule has 1 aromatic rings. The van der Waals surface area contributed by atoms with E-state index in [1.807, 2.05) is 0 Å². The third-order valence-electron chi connectivity index (χ3n) is 3.43. The van der Waals surface area contributed by atoms with E-state index in [-0.39, 0.29) is 18.2 Å². The fraction of sp³-hybridized carbons (Fsp3) is 0.471. The number of methoxy groups -OCH3 is 2. The third kappa shape index (κ3) is 5.38. The number of hydrogen-bond donors (Lipinski definition) is 2. The maximum Gasteiger partial charge on any atom is 0.240 e. The molecule has 1 aromatic carbocycles. The smallest absolute Gasteiger partial charge is 0.240 e. The van der Waals surface area contributed by atoms with Gasteiger partial charge < -0.3 is 20.1 Å². The Balaban J connectivity index is 1.96. The number of nitrogens with zero attached hydrogens (tertiary/aromatic N) is 1. The highest BCUT2D eigenvalue weighted by Gasteiger charge is 2.32. The minimum absolute atomic E-state index is 0.0619. The predicted molar refractivity (Wildman–Crippen MR) is 99.5 cm³/mol. The van der Waals surface area contributed by atoms with Crippen LogP contribution >= 0.6 is 11.8 Å². The number of aliphatic imine (C=N–C) groups is 1. The lowest BCUT2D eigenvalue weighted by molar-refractivity contribution is -0.122. The number of amidine groups is 1. The molecule has 8 heteroatoms. The van der Waals surface area contributed by atoms with Crippen LogP contribution in [-0.4, -0.2) is 43.0 Å². The van der Waals surface area contributed by atoms with E-state index in [9.17, 15) is 9.59 Å². The van der Waals surface area contributed by atoms with Crippen molar-refractivity contribution in [3.63, 3.8) is 0 Å². The van der Waals surface area contributed by atoms with Gasteiger partial charge in [0.25, 0.3) is 0 Å². The molecule has 1 heterocycles. The van der Waals surface area contributed by atoms with Gasteiger partial charge >= 0.3 is 0 Å². The fourth-order valence-electron chi connectivity index (χ4n) is 2.15. The molecule has 136 valence electrons. The Hall–Kier alpha value is -2.22. The first-order chi connectivity index (χ1) is 11.9. The van der Waals surface area contributed by atoms with Crippen molar-refractivity contribution < 1.29 is 19.1 Å². The molecular formula is C17H23N3O4S. The second-order valence-corrected chi connectivity index (χ2v) is 7.15. The topological polar surface area (TPSA) is 89.0 Å². The summed E-state index contributed by atoms with van der Waals surface area (Å²) in [4.78, 5) is 28.6. The first-order valence-electron chi connectivity index (χ1n) is 7.96. The summed E-state index contributed by atoms with van der Waals surface area (Å²) in [5.74, 6) is 1.09. The number of ether oxygens (including phenoxy) is 2. The van der Waals surface area contributed by atoms with Gasteiger partial charge in [0.15, 0.2) is 5.17 Å². The van der Waals surface area contributed by atoms with Crippen LogP contribution in [0.5, 0.6) is 11.5 Å². The molecule has 1 saturated heterocycles. The summed E-state index contributed by atoms with van der Waals surface area (Å²) < 4.78 is 10.4. The molecule has 0 bridgehead atoms. The molecule has 0 saturated carbocycles. The van der Waals surface area contributed by atoms with E-state index in [1.54, 1.807) is 25.3 Å². The van der Waals surface area contributed by atoms with Crippen LogP contribution in [0.3, 0.4) is 0 Å². The van der Waals surface area contributed by atoms with Crippen molar-refractivity contribution in [2.24, 2.45) is 10.9 Å². The highest BCUT2D eigenvalue weighted by atomic mass is 32.2. The van der Waals surface area contributed by atoms with Gasteiger partial charge in [-0.25, -0.2) is 0 Å². The first-order valence-corrected chi connectivity index (χ1v) is 8.84. The van der Waals surface area contributed by atoms with Crippen LogP contribution in [0.2, 0.25) is 0 Å². The van der Waals surface area contributed by atoms with Gasteiger partial charge in [-0.15, -0.1) is 0 Å². The molecule has 2 N–H and O–H groups in total. The third-order valence-corrected chi connectivity index (χ3v) is 4.55. The number of hydrogen-bond acceptors (Lipinski definition) is 6. The quantitative estimate of drug-likeness (QED) is 0.774. The van der Waals surface area contributed by atoms with E-state index in [4.69, 9.17) is 9.47 Å². The summed E-state index contributed by atoms with van der Waals surface area (Å²) in [6.07, 6.45) is 0.0619. The number of benzene rings is 1. The summed E-state index contributed by atoms with van der Waals surface area (Å²) in [6, 6.07) is 5.11. The molecule has 1 aliphatic rings. The van der Waals surface area contributed by atoms with Crippen LogP contribution in [0.1, 0.15) is 20.3 Å². The number of carbonyl (C=O) groups is 2. The summed E-state index contributed by atoms with van der Waals surface area (Å²) in [5, 5.41) is 5.60. The van der Waals surface area contributed by atoms with E-state index in [0.29, 0.717) is 34.8 Å². The Morgan fingerprint density at radius 1 is 1.36 bits per heavy atom. The van der Waals surface area contributed by atoms with E-state index in [0.717, 1.165) is 0 Å². The monoisotopic (exact) mass is 365 g/mol. The Bertz CT molecular complexity index is 676. The number of amides is 2. The second-order valence-electron chi connectivity index (χ2n) is 5.95. The zero-order chi connectivity index (χ0) is 18.4. The van der Waals surface area contributed by atoms with Crippen molar-refractivity contribution in [3.05, 3.63) is 18.2 Å². The average molecular weight is 365 g/mol. The van der Waals surface area contributed by atoms with Crippen molar-refractivity contribution in [2.45, 2.75) is 25.5 Å².